The number of carbonyl (C=O) groups is 7. The summed E-state index contributed by atoms with van der Waals surface area (Å²) in [7, 11) is 0. The average Bonchev–Trinajstić information content (AvgIpc) is 0.903. The van der Waals surface area contributed by atoms with Gasteiger partial charge in [-0.3, -0.25) is 33.6 Å². The van der Waals surface area contributed by atoms with Crippen molar-refractivity contribution < 1.29 is 38.7 Å². The van der Waals surface area contributed by atoms with Gasteiger partial charge >= 0.3 is 0 Å². The summed E-state index contributed by atoms with van der Waals surface area (Å²) in [6, 6.07) is -2.26. The molecular weight excluding hydrogens is 1490 g/mol. The predicted molar refractivity (Wildman–Crippen MR) is 536 cm³/mol. The van der Waals surface area contributed by atoms with Crippen molar-refractivity contribution in [1.29, 1.82) is 0 Å². The van der Waals surface area contributed by atoms with Crippen molar-refractivity contribution in [2.45, 2.75) is 559 Å². The molecule has 0 amide bonds. The van der Waals surface area contributed by atoms with Crippen LogP contribution in [0.15, 0.2) is 0 Å². The van der Waals surface area contributed by atoms with Crippen LogP contribution in [0.1, 0.15) is 517 Å². The molecule has 17 N–H and O–H groups in total. The zero-order valence-electron chi connectivity index (χ0n) is 88.4. The molecule has 730 valence electrons. The number of carbonyl (C=O) groups excluding carboxylic acids is 7. The first kappa shape index (κ1) is 143. The Kier molecular flexibility index (Phi) is 92.4. The van der Waals surface area contributed by atoms with Gasteiger partial charge in [0.2, 0.25) is 0 Å². The molecule has 0 saturated carbocycles. The summed E-state index contributed by atoms with van der Waals surface area (Å²) in [5.41, 5.74) is 47.5. The topological polar surface area (TPSA) is 348 Å². The lowest BCUT2D eigenvalue weighted by Crippen LogP contribution is -2.36. The fourth-order valence-electron chi connectivity index (χ4n) is 10.5. The molecule has 0 aromatic carbocycles. The summed E-state index contributed by atoms with van der Waals surface area (Å²) in [5.74, 6) is 1.09. The lowest BCUT2D eigenvalue weighted by Gasteiger charge is -2.19. The number of unbranched alkanes of at least 4 members (excludes halogenated alkanes) is 10. The van der Waals surface area contributed by atoms with Crippen LogP contribution in [0.2, 0.25) is 0 Å². The standard InChI is InChI=1S/3C12H25NO.C11H23NO.C9H20N2O.C9H19NO.C9H20.C8H17NO2.C8H18.C7H16.C6H14.CH4/c3*1-5-6-7-8-10(13)11(14)9-12(2,3)4;1-5-6-7-9(12)10(13)8-11(2,3)4;1-9(2,3)6-8(12)7(11)4-5-10;1-5-7(10)8(11)6-9(2,3)4;1-5-6-7-8-9(2,3)4;1-8(2,3)4-7(11)6(9)5-10;1-5-6-7-8(2,3)4;1-5-6-7(2,3)4;1-5-6(2,3)4;/h3*10H,5-9,13H2,1-4H3;9H,5-8,12H2,1-4H3;7H,4-6,10-11H2,1-3H3;7H,5-6,10H2,1-4H3;5-8H2,1-4H3;6,10H,4-5,9H2,1-3H3;5-7H2,1-4H3;5-6H2,1-4H3;5H2,1-4H3;1H4/t3*10-;;;;;6-;;;;/m100....0..../s1. The van der Waals surface area contributed by atoms with Gasteiger partial charge in [0.1, 0.15) is 34.7 Å². The first-order valence-electron chi connectivity index (χ1n) is 47.6. The average molecular weight is 1720 g/mol. The van der Waals surface area contributed by atoms with E-state index in [0.29, 0.717) is 79.6 Å². The summed E-state index contributed by atoms with van der Waals surface area (Å²) >= 11 is 0. The van der Waals surface area contributed by atoms with Gasteiger partial charge in [-0.2, -0.15) is 0 Å². The normalized spacial score (nSPS) is 13.6. The number of ketones is 7. The molecular formula is C104H226N8O8. The minimum Gasteiger partial charge on any atom is -0.394 e. The minimum absolute atomic E-state index is 0. The Bertz CT molecular complexity index is 2250. The van der Waals surface area contributed by atoms with Gasteiger partial charge in [-0.25, -0.2) is 0 Å². The van der Waals surface area contributed by atoms with E-state index in [9.17, 15) is 33.6 Å². The largest absolute Gasteiger partial charge is 0.394 e. The Labute approximate surface area is 752 Å². The van der Waals surface area contributed by atoms with Crippen molar-refractivity contribution >= 4 is 40.5 Å². The molecule has 0 aliphatic rings. The van der Waals surface area contributed by atoms with Crippen LogP contribution in [-0.2, 0) is 33.6 Å². The van der Waals surface area contributed by atoms with E-state index in [-0.39, 0.29) is 129 Å². The number of Topliss-reactive ketones (excluding diaryl/α,β-unsaturated/α-hetero) is 7. The van der Waals surface area contributed by atoms with Crippen molar-refractivity contribution in [2.24, 2.45) is 105 Å². The lowest BCUT2D eigenvalue weighted by molar-refractivity contribution is -0.123. The van der Waals surface area contributed by atoms with Crippen LogP contribution in [0.5, 0.6) is 0 Å². The molecule has 120 heavy (non-hydrogen) atoms. The summed E-state index contributed by atoms with van der Waals surface area (Å²) < 4.78 is 0. The Morgan fingerprint density at radius 1 is 0.225 bits per heavy atom. The van der Waals surface area contributed by atoms with Crippen LogP contribution in [0.4, 0.5) is 0 Å². The van der Waals surface area contributed by atoms with Crippen molar-refractivity contribution in [3.63, 3.8) is 0 Å². The Balaban J connectivity index is -0.000000108. The molecule has 0 rings (SSSR count). The highest BCUT2D eigenvalue weighted by Gasteiger charge is 2.27. The van der Waals surface area contributed by atoms with Gasteiger partial charge < -0.3 is 51.0 Å². The molecule has 0 bridgehead atoms. The second-order valence-electron chi connectivity index (χ2n) is 47.4. The van der Waals surface area contributed by atoms with Gasteiger partial charge in [0.25, 0.3) is 0 Å². The van der Waals surface area contributed by atoms with Crippen molar-refractivity contribution in [3.8, 4) is 0 Å². The number of hydrogen-bond donors (Lipinski definition) is 9. The maximum atomic E-state index is 11.6. The second kappa shape index (κ2) is 77.5. The zero-order valence-corrected chi connectivity index (χ0v) is 88.4. The third-order valence-corrected chi connectivity index (χ3v) is 18.0. The van der Waals surface area contributed by atoms with E-state index in [1.165, 1.54) is 103 Å². The highest BCUT2D eigenvalue weighted by molar-refractivity contribution is 5.87. The number of aliphatic hydroxyl groups is 1. The monoisotopic (exact) mass is 1720 g/mol. The van der Waals surface area contributed by atoms with Gasteiger partial charge in [-0.1, -0.05) is 414 Å². The van der Waals surface area contributed by atoms with Crippen molar-refractivity contribution in [3.05, 3.63) is 0 Å². The van der Waals surface area contributed by atoms with Crippen LogP contribution < -0.4 is 45.9 Å². The SMILES string of the molecule is C.CC(C)(C)CC(=O)C(N)CCN.CC(C)(C)CC(=O)[C@@H](N)CO.CCC(C)(C)C.CCC(N)C(=O)CC(C)(C)C.CCCC(C)(C)C.CCCCC(C)(C)C.CCCCC(N)C(=O)CC(C)(C)C.CCCCCC(C)(C)C.CCCCC[C@@H](N)C(=O)CC(C)(C)C.CCCCC[C@H](N)C(=O)CC(C)(C)C.CCCCC[C@H](N)C(=O)CC(C)(C)C. The molecule has 16 heteroatoms. The molecule has 7 atom stereocenters. The number of hydrogen-bond acceptors (Lipinski definition) is 16. The van der Waals surface area contributed by atoms with E-state index < -0.39 is 6.04 Å². The molecule has 0 aromatic rings. The predicted octanol–water partition coefficient (Wildman–Crippen LogP) is 26.7. The maximum absolute atomic E-state index is 11.6. The summed E-state index contributed by atoms with van der Waals surface area (Å²) in [6.07, 6.45) is 34.6. The Morgan fingerprint density at radius 2 is 0.408 bits per heavy atom. The molecule has 0 saturated heterocycles. The molecule has 0 aromatic heterocycles. The lowest BCUT2D eigenvalue weighted by atomic mass is 9.87. The van der Waals surface area contributed by atoms with Crippen LogP contribution in [0, 0.1) is 59.6 Å². The number of rotatable bonds is 39. The van der Waals surface area contributed by atoms with E-state index in [4.69, 9.17) is 51.0 Å². The molecule has 0 spiro atoms. The Hall–Kier alpha value is -2.67. The fourth-order valence-corrected chi connectivity index (χ4v) is 10.5. The highest BCUT2D eigenvalue weighted by atomic mass is 16.3. The van der Waals surface area contributed by atoms with Crippen LogP contribution in [-0.4, -0.2) is 101 Å². The molecule has 3 unspecified atom stereocenters. The molecule has 0 fully saturated rings. The first-order valence-corrected chi connectivity index (χ1v) is 47.6. The van der Waals surface area contributed by atoms with Gasteiger partial charge in [0.15, 0.2) is 5.78 Å². The molecule has 0 heterocycles. The van der Waals surface area contributed by atoms with E-state index in [1.807, 2.05) is 69.2 Å². The van der Waals surface area contributed by atoms with Gasteiger partial charge in [-0.05, 0) is 124 Å². The third-order valence-electron chi connectivity index (χ3n) is 18.0. The third kappa shape index (κ3) is 138. The summed E-state index contributed by atoms with van der Waals surface area (Å²) in [4.78, 5) is 80.2. The minimum atomic E-state index is -0.700. The van der Waals surface area contributed by atoms with Gasteiger partial charge in [0, 0.05) is 44.9 Å². The van der Waals surface area contributed by atoms with Crippen LogP contribution in [0.25, 0.3) is 0 Å². The summed E-state index contributed by atoms with van der Waals surface area (Å²) in [6.45, 7) is 90.0. The number of nitrogens with two attached hydrogens (primary N) is 8. The highest BCUT2D eigenvalue weighted by Crippen LogP contribution is 2.28. The fraction of sp³-hybridized carbons (Fsp3) is 0.933. The summed E-state index contributed by atoms with van der Waals surface area (Å²) in [5, 5.41) is 8.56. The van der Waals surface area contributed by atoms with Crippen molar-refractivity contribution in [2.75, 3.05) is 13.2 Å². The quantitative estimate of drug-likeness (QED) is 0.0258. The van der Waals surface area contributed by atoms with E-state index in [1.54, 1.807) is 0 Å². The van der Waals surface area contributed by atoms with Crippen LogP contribution >= 0.6 is 0 Å². The maximum Gasteiger partial charge on any atom is 0.152 e. The van der Waals surface area contributed by atoms with Gasteiger partial charge in [0.05, 0.1) is 48.9 Å². The second-order valence-corrected chi connectivity index (χ2v) is 47.4. The van der Waals surface area contributed by atoms with E-state index in [2.05, 4.69) is 222 Å². The van der Waals surface area contributed by atoms with Crippen LogP contribution in [0.3, 0.4) is 0 Å². The first-order chi connectivity index (χ1) is 53.3. The zero-order chi connectivity index (χ0) is 97.0. The molecule has 0 aliphatic carbocycles. The van der Waals surface area contributed by atoms with Crippen molar-refractivity contribution in [1.82, 2.24) is 0 Å². The number of aliphatic hydroxyl groups excluding tert-OH is 1. The molecule has 0 radical (unpaired) electrons. The smallest absolute Gasteiger partial charge is 0.152 e. The van der Waals surface area contributed by atoms with E-state index >= 15 is 0 Å². The van der Waals surface area contributed by atoms with E-state index in [0.717, 1.165) is 64.2 Å². The molecule has 0 aliphatic heterocycles. The molecule has 16 nitrogen and oxygen atoms in total. The Morgan fingerprint density at radius 3 is 0.558 bits per heavy atom. The van der Waals surface area contributed by atoms with Gasteiger partial charge in [-0.15, -0.1) is 0 Å².